The maximum Gasteiger partial charge on any atom is 0.573 e. The van der Waals surface area contributed by atoms with Crippen LogP contribution in [0.3, 0.4) is 0 Å². The molecule has 178 valence electrons. The number of anilines is 1. The first-order chi connectivity index (χ1) is 17.1. The van der Waals surface area contributed by atoms with E-state index in [1.165, 1.54) is 31.3 Å². The molecule has 0 unspecified atom stereocenters. The molecule has 0 radical (unpaired) electrons. The summed E-state index contributed by atoms with van der Waals surface area (Å²) in [4.78, 5) is 28.0. The molecule has 3 N–H and O–H groups in total. The van der Waals surface area contributed by atoms with Crippen molar-refractivity contribution < 1.29 is 45.5 Å². The monoisotopic (exact) mass is 482 g/mol. The molecule has 0 spiro atoms. The van der Waals surface area contributed by atoms with Gasteiger partial charge >= 0.3 is 6.36 Å². The van der Waals surface area contributed by atoms with Crippen LogP contribution in [0.5, 0.6) is 23.0 Å². The highest BCUT2D eigenvalue weighted by Gasteiger charge is 2.31. The van der Waals surface area contributed by atoms with Gasteiger partial charge in [0.15, 0.2) is 11.5 Å². The number of benzene rings is 2. The van der Waals surface area contributed by atoms with E-state index in [1.807, 2.05) is 0 Å². The van der Waals surface area contributed by atoms with Crippen LogP contribution < -0.4 is 25.3 Å². The summed E-state index contributed by atoms with van der Waals surface area (Å²) in [6.07, 6.45) is -3.89. The molecule has 0 saturated heterocycles. The van der Waals surface area contributed by atoms with E-state index in [9.17, 15) is 22.8 Å². The van der Waals surface area contributed by atoms with Crippen molar-refractivity contribution in [2.75, 3.05) is 12.4 Å². The number of hydrogen-bond donors (Lipinski definition) is 2. The molecule has 0 atom stereocenters. The third kappa shape index (κ3) is 5.71. The van der Waals surface area contributed by atoms with Crippen molar-refractivity contribution in [3.63, 3.8) is 0 Å². The number of ether oxygens (including phenoxy) is 3. The second-order valence-electron chi connectivity index (χ2n) is 6.68. The molecule has 0 aliphatic heterocycles. The molecule has 0 aliphatic carbocycles. The second kappa shape index (κ2) is 9.65. The van der Waals surface area contributed by atoms with E-state index in [-0.39, 0.29) is 16.9 Å². The molecule has 3 rings (SSSR count). The van der Waals surface area contributed by atoms with Crippen LogP contribution in [0.15, 0.2) is 48.7 Å². The van der Waals surface area contributed by atoms with Gasteiger partial charge in [0, 0.05) is 18.0 Å². The average Bonchev–Trinajstić information content (AvgIpc) is 2.76. The molecule has 0 fully saturated rings. The van der Waals surface area contributed by atoms with Crippen LogP contribution in [0.1, 0.15) is 30.5 Å². The molecule has 1 aromatic heterocycles. The van der Waals surface area contributed by atoms with Crippen LogP contribution in [-0.2, 0) is 0 Å². The Morgan fingerprint density at radius 2 is 1.82 bits per heavy atom. The lowest BCUT2D eigenvalue weighted by atomic mass is 10.1. The summed E-state index contributed by atoms with van der Waals surface area (Å²) >= 11 is 0. The van der Waals surface area contributed by atoms with E-state index in [2.05, 4.69) is 15.0 Å². The molecule has 1 heterocycles. The van der Waals surface area contributed by atoms with Crippen LogP contribution in [0.25, 0.3) is 0 Å². The van der Waals surface area contributed by atoms with Crippen molar-refractivity contribution in [2.45, 2.75) is 13.3 Å². The van der Waals surface area contributed by atoms with Gasteiger partial charge in [-0.1, -0.05) is 6.07 Å². The van der Waals surface area contributed by atoms with Gasteiger partial charge in [0.05, 0.1) is 11.2 Å². The molecule has 2 aromatic carbocycles. The number of aryl methyl sites for hydroxylation is 1. The van der Waals surface area contributed by atoms with Crippen LogP contribution in [0.4, 0.5) is 23.2 Å². The number of alkyl halides is 3. The first-order valence-corrected chi connectivity index (χ1v) is 9.26. The zero-order valence-corrected chi connectivity index (χ0v) is 17.2. The Labute approximate surface area is 194 Å². The first kappa shape index (κ1) is 20.3. The minimum atomic E-state index is -5.08. The topological polar surface area (TPSA) is 113 Å². The third-order valence-corrected chi connectivity index (χ3v) is 4.27. The van der Waals surface area contributed by atoms with Gasteiger partial charge in [-0.15, -0.1) is 13.2 Å². The molecule has 8 nitrogen and oxygen atoms in total. The predicted molar refractivity (Wildman–Crippen MR) is 112 cm³/mol. The van der Waals surface area contributed by atoms with Gasteiger partial charge in [-0.3, -0.25) is 14.6 Å². The lowest BCUT2D eigenvalue weighted by Gasteiger charge is -2.16. The number of hydrogen-bond acceptors (Lipinski definition) is 6. The maximum atomic E-state index is 15.1. The Morgan fingerprint density at radius 1 is 1.09 bits per heavy atom. The normalized spacial score (nSPS) is 12.7. The molecule has 34 heavy (non-hydrogen) atoms. The van der Waals surface area contributed by atoms with Crippen LogP contribution >= 0.6 is 0 Å². The Balaban J connectivity index is 2.01. The summed E-state index contributed by atoms with van der Waals surface area (Å²) in [5.74, 6) is -5.30. The molecule has 12 heteroatoms. The Morgan fingerprint density at radius 3 is 2.50 bits per heavy atom. The third-order valence-electron chi connectivity index (χ3n) is 4.27. The SMILES string of the molecule is [2H]C([2H])([2H])Oc1cc(OC(F)(F)F)ccc1Oc1ccc(C)c(F)c1C(=O)Nc1ccnc(C(N)=O)c1. The number of carbonyl (C=O) groups excluding carboxylic acids is 2. The second-order valence-corrected chi connectivity index (χ2v) is 6.68. The number of rotatable bonds is 7. The maximum absolute atomic E-state index is 15.1. The van der Waals surface area contributed by atoms with Gasteiger partial charge < -0.3 is 25.3 Å². The standard InChI is InChI=1S/C22H17F4N3O5/c1-11-3-5-16(33-15-6-4-13(10-17(15)32-2)34-22(24,25)26)18(19(11)23)21(31)29-12-7-8-28-14(9-12)20(27)30/h3-10H,1-2H3,(H2,27,30)(H,28,29,31)/i2D3. The number of nitrogens with zero attached hydrogens (tertiary/aromatic N) is 1. The zero-order chi connectivity index (χ0) is 27.5. The lowest BCUT2D eigenvalue weighted by molar-refractivity contribution is -0.274. The van der Waals surface area contributed by atoms with Crippen molar-refractivity contribution in [3.8, 4) is 23.0 Å². The lowest BCUT2D eigenvalue weighted by Crippen LogP contribution is -2.18. The van der Waals surface area contributed by atoms with E-state index in [0.717, 1.165) is 18.2 Å². The number of nitrogens with one attached hydrogen (secondary N) is 1. The van der Waals surface area contributed by atoms with Crippen LogP contribution in [-0.4, -0.2) is 30.2 Å². The minimum absolute atomic E-state index is 0.0398. The molecule has 0 saturated carbocycles. The summed E-state index contributed by atoms with van der Waals surface area (Å²) < 4.78 is 88.7. The fourth-order valence-electron chi connectivity index (χ4n) is 2.76. The summed E-state index contributed by atoms with van der Waals surface area (Å²) in [7, 11) is -3.10. The van der Waals surface area contributed by atoms with E-state index >= 15 is 4.39 Å². The highest BCUT2D eigenvalue weighted by atomic mass is 19.4. The van der Waals surface area contributed by atoms with E-state index in [4.69, 9.17) is 19.3 Å². The Kier molecular flexibility index (Phi) is 5.75. The molecular weight excluding hydrogens is 462 g/mol. The van der Waals surface area contributed by atoms with E-state index < -0.39 is 59.6 Å². The molecule has 2 amide bonds. The summed E-state index contributed by atoms with van der Waals surface area (Å²) in [5, 5.41) is 2.36. The highest BCUT2D eigenvalue weighted by Crippen LogP contribution is 2.38. The minimum Gasteiger partial charge on any atom is -0.493 e. The smallest absolute Gasteiger partial charge is 0.493 e. The number of amides is 2. The predicted octanol–water partition coefficient (Wildman–Crippen LogP) is 4.58. The van der Waals surface area contributed by atoms with Gasteiger partial charge in [-0.2, -0.15) is 0 Å². The van der Waals surface area contributed by atoms with Gasteiger partial charge in [0.1, 0.15) is 28.6 Å². The zero-order valence-electron chi connectivity index (χ0n) is 20.2. The summed E-state index contributed by atoms with van der Waals surface area (Å²) in [5.41, 5.74) is 4.44. The Bertz CT molecular complexity index is 1350. The highest BCUT2D eigenvalue weighted by molar-refractivity contribution is 6.07. The number of halogens is 4. The van der Waals surface area contributed by atoms with Crippen molar-refractivity contribution in [2.24, 2.45) is 5.73 Å². The molecular formula is C22H17F4N3O5. The van der Waals surface area contributed by atoms with Gasteiger partial charge in [-0.25, -0.2) is 4.39 Å². The fourth-order valence-corrected chi connectivity index (χ4v) is 2.76. The first-order valence-electron chi connectivity index (χ1n) is 10.8. The van der Waals surface area contributed by atoms with Crippen LogP contribution in [0, 0.1) is 12.7 Å². The Hall–Kier alpha value is -4.35. The number of aromatic nitrogens is 1. The average molecular weight is 482 g/mol. The van der Waals surface area contributed by atoms with Crippen molar-refractivity contribution in [1.82, 2.24) is 4.98 Å². The number of carbonyl (C=O) groups is 2. The fraction of sp³-hybridized carbons (Fsp3) is 0.136. The largest absolute Gasteiger partial charge is 0.573 e. The number of pyridine rings is 1. The van der Waals surface area contributed by atoms with Gasteiger partial charge in [0.25, 0.3) is 11.8 Å². The number of primary amides is 1. The van der Waals surface area contributed by atoms with Crippen molar-refractivity contribution in [1.29, 1.82) is 0 Å². The van der Waals surface area contributed by atoms with Gasteiger partial charge in [-0.05, 0) is 42.8 Å². The number of methoxy groups -OCH3 is 1. The van der Waals surface area contributed by atoms with Gasteiger partial charge in [0.2, 0.25) is 0 Å². The summed E-state index contributed by atoms with van der Waals surface area (Å²) in [6.45, 7) is 1.36. The number of nitrogens with two attached hydrogens (primary N) is 1. The summed E-state index contributed by atoms with van der Waals surface area (Å²) in [6, 6.07) is 7.21. The molecule has 0 aliphatic rings. The van der Waals surface area contributed by atoms with Crippen LogP contribution in [0.2, 0.25) is 0 Å². The molecule has 3 aromatic rings. The van der Waals surface area contributed by atoms with Crippen molar-refractivity contribution >= 4 is 17.5 Å². The quantitative estimate of drug-likeness (QED) is 0.477. The van der Waals surface area contributed by atoms with E-state index in [0.29, 0.717) is 6.07 Å². The van der Waals surface area contributed by atoms with Crippen molar-refractivity contribution in [3.05, 3.63) is 71.3 Å². The molecule has 0 bridgehead atoms. The van der Waals surface area contributed by atoms with E-state index in [1.54, 1.807) is 0 Å².